The fraction of sp³-hybridized carbons (Fsp3) is 0.417. The van der Waals surface area contributed by atoms with Gasteiger partial charge in [-0.3, -0.25) is 0 Å². The van der Waals surface area contributed by atoms with Crippen molar-refractivity contribution in [2.45, 2.75) is 30.7 Å². The molecule has 0 aliphatic heterocycles. The van der Waals surface area contributed by atoms with E-state index in [9.17, 15) is 8.42 Å². The van der Waals surface area contributed by atoms with Crippen molar-refractivity contribution in [3.05, 3.63) is 28.8 Å². The van der Waals surface area contributed by atoms with Crippen LogP contribution in [0.1, 0.15) is 25.3 Å². The van der Waals surface area contributed by atoms with Gasteiger partial charge >= 0.3 is 0 Å². The van der Waals surface area contributed by atoms with E-state index in [-0.39, 0.29) is 28.1 Å². The Balaban J connectivity index is 3.13. The number of rotatable bonds is 6. The summed E-state index contributed by atoms with van der Waals surface area (Å²) in [6.45, 7) is 2.15. The van der Waals surface area contributed by atoms with E-state index >= 15 is 0 Å². The summed E-state index contributed by atoms with van der Waals surface area (Å²) in [5.41, 5.74) is 5.59. The van der Waals surface area contributed by atoms with Gasteiger partial charge in [0.1, 0.15) is 11.0 Å². The van der Waals surface area contributed by atoms with Crippen LogP contribution in [0.3, 0.4) is 0 Å². The van der Waals surface area contributed by atoms with Gasteiger partial charge in [0.25, 0.3) is 0 Å². The molecular formula is C12H16ClN3O2S. The topological polar surface area (TPSA) is 96.0 Å². The van der Waals surface area contributed by atoms with Crippen molar-refractivity contribution in [1.29, 1.82) is 5.26 Å². The summed E-state index contributed by atoms with van der Waals surface area (Å²) in [6, 6.07) is 5.62. The Morgan fingerprint density at radius 1 is 1.53 bits per heavy atom. The number of sulfonamides is 1. The Bertz CT molecular complexity index is 581. The van der Waals surface area contributed by atoms with E-state index in [0.29, 0.717) is 6.42 Å². The molecular weight excluding hydrogens is 286 g/mol. The van der Waals surface area contributed by atoms with Crippen LogP contribution in [-0.4, -0.2) is 21.0 Å². The number of benzene rings is 1. The van der Waals surface area contributed by atoms with Crippen LogP contribution in [0.4, 0.5) is 0 Å². The SMILES string of the molecule is CCCC(CN)NS(=O)(=O)c1cc(Cl)ccc1C#N. The monoisotopic (exact) mass is 301 g/mol. The van der Waals surface area contributed by atoms with Crippen LogP contribution in [0.15, 0.2) is 23.1 Å². The molecule has 0 aromatic heterocycles. The minimum atomic E-state index is -3.80. The Labute approximate surface area is 118 Å². The molecule has 5 nitrogen and oxygen atoms in total. The minimum absolute atomic E-state index is 0.0594. The predicted octanol–water partition coefficient (Wildman–Crippen LogP) is 1.62. The Morgan fingerprint density at radius 2 is 2.21 bits per heavy atom. The first kappa shape index (κ1) is 15.9. The summed E-state index contributed by atoms with van der Waals surface area (Å²) in [7, 11) is -3.80. The second kappa shape index (κ2) is 6.87. The molecule has 1 atom stereocenters. The van der Waals surface area contributed by atoms with Crippen LogP contribution in [-0.2, 0) is 10.0 Å². The van der Waals surface area contributed by atoms with Gasteiger partial charge in [0.15, 0.2) is 0 Å². The molecule has 1 aromatic rings. The van der Waals surface area contributed by atoms with Gasteiger partial charge in [0.05, 0.1) is 5.56 Å². The highest BCUT2D eigenvalue weighted by molar-refractivity contribution is 7.89. The molecule has 0 amide bonds. The molecule has 0 spiro atoms. The van der Waals surface area contributed by atoms with Gasteiger partial charge in [-0.25, -0.2) is 13.1 Å². The fourth-order valence-electron chi connectivity index (χ4n) is 1.67. The van der Waals surface area contributed by atoms with Gasteiger partial charge < -0.3 is 5.73 Å². The summed E-state index contributed by atoms with van der Waals surface area (Å²) in [6.07, 6.45) is 1.45. The lowest BCUT2D eigenvalue weighted by molar-refractivity contribution is 0.527. The lowest BCUT2D eigenvalue weighted by Crippen LogP contribution is -2.40. The number of halogens is 1. The first-order chi connectivity index (χ1) is 8.94. The molecule has 3 N–H and O–H groups in total. The third-order valence-corrected chi connectivity index (χ3v) is 4.39. The van der Waals surface area contributed by atoms with Crippen molar-refractivity contribution in [3.8, 4) is 6.07 Å². The quantitative estimate of drug-likeness (QED) is 0.834. The van der Waals surface area contributed by atoms with Crippen LogP contribution < -0.4 is 10.5 Å². The van der Waals surface area contributed by atoms with Gasteiger partial charge in [-0.1, -0.05) is 24.9 Å². The smallest absolute Gasteiger partial charge is 0.242 e. The van der Waals surface area contributed by atoms with Crippen molar-refractivity contribution in [1.82, 2.24) is 4.72 Å². The van der Waals surface area contributed by atoms with Gasteiger partial charge in [-0.15, -0.1) is 0 Å². The highest BCUT2D eigenvalue weighted by Crippen LogP contribution is 2.20. The Hall–Kier alpha value is -1.13. The molecule has 104 valence electrons. The normalized spacial score (nSPS) is 12.9. The minimum Gasteiger partial charge on any atom is -0.329 e. The molecule has 1 rings (SSSR count). The van der Waals surface area contributed by atoms with E-state index < -0.39 is 10.0 Å². The van der Waals surface area contributed by atoms with Gasteiger partial charge in [-0.05, 0) is 24.6 Å². The van der Waals surface area contributed by atoms with E-state index in [4.69, 9.17) is 22.6 Å². The molecule has 1 unspecified atom stereocenters. The fourth-order valence-corrected chi connectivity index (χ4v) is 3.37. The maximum Gasteiger partial charge on any atom is 0.242 e. The zero-order valence-corrected chi connectivity index (χ0v) is 12.1. The molecule has 0 saturated heterocycles. The zero-order chi connectivity index (χ0) is 14.5. The van der Waals surface area contributed by atoms with Crippen LogP contribution >= 0.6 is 11.6 Å². The predicted molar refractivity (Wildman–Crippen MR) is 74.2 cm³/mol. The zero-order valence-electron chi connectivity index (χ0n) is 10.6. The van der Waals surface area contributed by atoms with E-state index in [1.54, 1.807) is 0 Å². The summed E-state index contributed by atoms with van der Waals surface area (Å²) in [4.78, 5) is -0.114. The molecule has 19 heavy (non-hydrogen) atoms. The average molecular weight is 302 g/mol. The average Bonchev–Trinajstić information content (AvgIpc) is 2.38. The largest absolute Gasteiger partial charge is 0.329 e. The maximum absolute atomic E-state index is 12.2. The Kier molecular flexibility index (Phi) is 5.76. The number of nitrogens with zero attached hydrogens (tertiary/aromatic N) is 1. The summed E-state index contributed by atoms with van der Waals surface area (Å²) >= 11 is 5.79. The van der Waals surface area contributed by atoms with Crippen LogP contribution in [0.25, 0.3) is 0 Å². The van der Waals surface area contributed by atoms with Crippen LogP contribution in [0.5, 0.6) is 0 Å². The van der Waals surface area contributed by atoms with Crippen molar-refractivity contribution in [2.24, 2.45) is 5.73 Å². The standard InChI is InChI=1S/C12H16ClN3O2S/c1-2-3-11(8-15)16-19(17,18)12-6-10(13)5-4-9(12)7-14/h4-6,11,16H,2-3,8,15H2,1H3. The molecule has 0 saturated carbocycles. The molecule has 0 aliphatic rings. The maximum atomic E-state index is 12.2. The van der Waals surface area contributed by atoms with E-state index in [1.165, 1.54) is 18.2 Å². The highest BCUT2D eigenvalue weighted by atomic mass is 35.5. The van der Waals surface area contributed by atoms with Gasteiger partial charge in [0.2, 0.25) is 10.0 Å². The summed E-state index contributed by atoms with van der Waals surface area (Å²) in [5, 5.41) is 9.22. The van der Waals surface area contributed by atoms with Crippen LogP contribution in [0.2, 0.25) is 5.02 Å². The van der Waals surface area contributed by atoms with E-state index in [0.717, 1.165) is 6.42 Å². The highest BCUT2D eigenvalue weighted by Gasteiger charge is 2.22. The number of hydrogen-bond donors (Lipinski definition) is 2. The molecule has 7 heteroatoms. The lowest BCUT2D eigenvalue weighted by Gasteiger charge is -2.16. The van der Waals surface area contributed by atoms with E-state index in [1.807, 2.05) is 13.0 Å². The third-order valence-electron chi connectivity index (χ3n) is 2.60. The molecule has 0 aliphatic carbocycles. The van der Waals surface area contributed by atoms with Crippen molar-refractivity contribution in [3.63, 3.8) is 0 Å². The second-order valence-corrected chi connectivity index (χ2v) is 6.21. The van der Waals surface area contributed by atoms with Crippen LogP contribution in [0, 0.1) is 11.3 Å². The second-order valence-electron chi connectivity index (χ2n) is 4.09. The van der Waals surface area contributed by atoms with E-state index in [2.05, 4.69) is 4.72 Å². The first-order valence-corrected chi connectivity index (χ1v) is 7.72. The number of nitrogens with one attached hydrogen (secondary N) is 1. The molecule has 0 radical (unpaired) electrons. The number of hydrogen-bond acceptors (Lipinski definition) is 4. The molecule has 0 heterocycles. The van der Waals surface area contributed by atoms with Crippen molar-refractivity contribution >= 4 is 21.6 Å². The van der Waals surface area contributed by atoms with Gasteiger partial charge in [-0.2, -0.15) is 5.26 Å². The van der Waals surface area contributed by atoms with Crippen molar-refractivity contribution < 1.29 is 8.42 Å². The summed E-state index contributed by atoms with van der Waals surface area (Å²) in [5.74, 6) is 0. The van der Waals surface area contributed by atoms with Crippen molar-refractivity contribution in [2.75, 3.05) is 6.54 Å². The Morgan fingerprint density at radius 3 is 2.74 bits per heavy atom. The lowest BCUT2D eigenvalue weighted by atomic mass is 10.2. The third kappa shape index (κ3) is 4.18. The molecule has 0 bridgehead atoms. The number of nitriles is 1. The summed E-state index contributed by atoms with van der Waals surface area (Å²) < 4.78 is 27.0. The molecule has 0 fully saturated rings. The first-order valence-electron chi connectivity index (χ1n) is 5.86. The molecule has 1 aromatic carbocycles. The van der Waals surface area contributed by atoms with Gasteiger partial charge in [0, 0.05) is 17.6 Å². The number of nitrogens with two attached hydrogens (primary N) is 1.